The molecule has 1 heterocycles. The molecule has 3 aromatic rings. The summed E-state index contributed by atoms with van der Waals surface area (Å²) < 4.78 is 2.08. The summed E-state index contributed by atoms with van der Waals surface area (Å²) in [7, 11) is 0. The molecule has 0 aliphatic rings. The van der Waals surface area contributed by atoms with E-state index in [1.54, 1.807) is 0 Å². The smallest absolute Gasteiger partial charge is 0.0691 e. The van der Waals surface area contributed by atoms with E-state index in [0.29, 0.717) is 6.04 Å². The average Bonchev–Trinajstić information content (AvgIpc) is 2.83. The van der Waals surface area contributed by atoms with Crippen molar-refractivity contribution in [3.8, 4) is 11.1 Å². The summed E-state index contributed by atoms with van der Waals surface area (Å²) in [4.78, 5) is 0. The second kappa shape index (κ2) is 4.54. The molecule has 0 amide bonds. The number of aryl methyl sites for hydroxylation is 1. The third kappa shape index (κ3) is 2.03. The monoisotopic (exact) mass is 250 g/mol. The van der Waals surface area contributed by atoms with Gasteiger partial charge in [0.15, 0.2) is 0 Å². The summed E-state index contributed by atoms with van der Waals surface area (Å²) in [6, 6.07) is 15.5. The number of fused-ring (bicyclic) bond motifs is 1. The van der Waals surface area contributed by atoms with Gasteiger partial charge in [-0.05, 0) is 38.0 Å². The maximum atomic E-state index is 4.52. The first-order chi connectivity index (χ1) is 9.16. The van der Waals surface area contributed by atoms with Gasteiger partial charge in [-0.2, -0.15) is 5.10 Å². The molecule has 0 spiro atoms. The lowest BCUT2D eigenvalue weighted by Gasteiger charge is -2.08. The summed E-state index contributed by atoms with van der Waals surface area (Å²) >= 11 is 0. The van der Waals surface area contributed by atoms with Crippen LogP contribution in [0.1, 0.15) is 25.5 Å². The Balaban J connectivity index is 2.22. The molecule has 0 N–H and O–H groups in total. The van der Waals surface area contributed by atoms with Crippen molar-refractivity contribution in [3.05, 3.63) is 54.2 Å². The second-order valence-corrected chi connectivity index (χ2v) is 5.29. The highest BCUT2D eigenvalue weighted by molar-refractivity contribution is 5.94. The molecule has 2 aromatic carbocycles. The fourth-order valence-corrected chi connectivity index (χ4v) is 2.47. The van der Waals surface area contributed by atoms with E-state index in [0.717, 1.165) is 0 Å². The fourth-order valence-electron chi connectivity index (χ4n) is 2.47. The highest BCUT2D eigenvalue weighted by atomic mass is 15.3. The van der Waals surface area contributed by atoms with Crippen molar-refractivity contribution in [2.45, 2.75) is 26.8 Å². The van der Waals surface area contributed by atoms with E-state index in [4.69, 9.17) is 0 Å². The second-order valence-electron chi connectivity index (χ2n) is 5.29. The molecule has 0 unspecified atom stereocenters. The molecule has 0 radical (unpaired) electrons. The van der Waals surface area contributed by atoms with E-state index >= 15 is 0 Å². The van der Waals surface area contributed by atoms with Crippen molar-refractivity contribution in [2.75, 3.05) is 0 Å². The number of hydrogen-bond donors (Lipinski definition) is 0. The topological polar surface area (TPSA) is 17.8 Å². The van der Waals surface area contributed by atoms with Crippen LogP contribution in [0.4, 0.5) is 0 Å². The molecule has 0 saturated carbocycles. The van der Waals surface area contributed by atoms with Crippen molar-refractivity contribution in [2.24, 2.45) is 0 Å². The summed E-state index contributed by atoms with van der Waals surface area (Å²) in [5.41, 5.74) is 4.99. The van der Waals surface area contributed by atoms with Crippen LogP contribution >= 0.6 is 0 Å². The van der Waals surface area contributed by atoms with Crippen molar-refractivity contribution in [1.82, 2.24) is 9.78 Å². The van der Waals surface area contributed by atoms with Crippen LogP contribution in [0.2, 0.25) is 0 Å². The summed E-state index contributed by atoms with van der Waals surface area (Å²) in [5.74, 6) is 0. The zero-order valence-corrected chi connectivity index (χ0v) is 11.6. The number of rotatable bonds is 2. The molecule has 2 nitrogen and oxygen atoms in total. The normalized spacial score (nSPS) is 11.4. The average molecular weight is 250 g/mol. The predicted molar refractivity (Wildman–Crippen MR) is 80.3 cm³/mol. The molecule has 0 atom stereocenters. The first-order valence-corrected chi connectivity index (χ1v) is 6.70. The van der Waals surface area contributed by atoms with Crippen LogP contribution in [-0.2, 0) is 0 Å². The fraction of sp³-hybridized carbons (Fsp3) is 0.235. The van der Waals surface area contributed by atoms with Crippen LogP contribution in [0, 0.1) is 6.92 Å². The zero-order valence-electron chi connectivity index (χ0n) is 11.6. The summed E-state index contributed by atoms with van der Waals surface area (Å²) in [6.07, 6.45) is 1.98. The maximum Gasteiger partial charge on any atom is 0.0691 e. The van der Waals surface area contributed by atoms with Gasteiger partial charge in [0, 0.05) is 11.4 Å². The molecule has 96 valence electrons. The molecular formula is C17H18N2. The molecule has 0 fully saturated rings. The van der Waals surface area contributed by atoms with Gasteiger partial charge < -0.3 is 0 Å². The van der Waals surface area contributed by atoms with Crippen molar-refractivity contribution < 1.29 is 0 Å². The minimum atomic E-state index is 0.380. The highest BCUT2D eigenvalue weighted by Gasteiger charge is 2.09. The predicted octanol–water partition coefficient (Wildman–Crippen LogP) is 4.59. The zero-order chi connectivity index (χ0) is 13.4. The largest absolute Gasteiger partial charge is 0.262 e. The van der Waals surface area contributed by atoms with Crippen LogP contribution in [0.3, 0.4) is 0 Å². The number of hydrogen-bond acceptors (Lipinski definition) is 1. The summed E-state index contributed by atoms with van der Waals surface area (Å²) in [6.45, 7) is 6.43. The maximum absolute atomic E-state index is 4.52. The van der Waals surface area contributed by atoms with E-state index < -0.39 is 0 Å². The quantitative estimate of drug-likeness (QED) is 0.650. The molecule has 0 aliphatic carbocycles. The number of aromatic nitrogens is 2. The molecule has 2 heteroatoms. The van der Waals surface area contributed by atoms with Gasteiger partial charge in [-0.3, -0.25) is 4.68 Å². The van der Waals surface area contributed by atoms with Gasteiger partial charge >= 0.3 is 0 Å². The molecule has 3 rings (SSSR count). The van der Waals surface area contributed by atoms with Gasteiger partial charge in [0.1, 0.15) is 0 Å². The van der Waals surface area contributed by atoms with Gasteiger partial charge in [0.2, 0.25) is 0 Å². The van der Waals surface area contributed by atoms with Crippen molar-refractivity contribution in [3.63, 3.8) is 0 Å². The van der Waals surface area contributed by atoms with Crippen LogP contribution in [0.15, 0.2) is 48.7 Å². The van der Waals surface area contributed by atoms with Crippen LogP contribution < -0.4 is 0 Å². The Labute approximate surface area is 113 Å². The van der Waals surface area contributed by atoms with Crippen LogP contribution in [-0.4, -0.2) is 9.78 Å². The standard InChI is InChI=1S/C17H18N2/c1-12(2)19-17-6-4-5-15(16(17)11-18-19)14-9-7-13(3)8-10-14/h4-12H,1-3H3. The SMILES string of the molecule is Cc1ccc(-c2cccc3c2cnn3C(C)C)cc1. The molecule has 0 saturated heterocycles. The van der Waals surface area contributed by atoms with Gasteiger partial charge in [-0.15, -0.1) is 0 Å². The Morgan fingerprint density at radius 2 is 1.74 bits per heavy atom. The third-order valence-electron chi connectivity index (χ3n) is 3.49. The Kier molecular flexibility index (Phi) is 2.86. The Morgan fingerprint density at radius 1 is 1.00 bits per heavy atom. The van der Waals surface area contributed by atoms with Gasteiger partial charge in [0.25, 0.3) is 0 Å². The van der Waals surface area contributed by atoms with Gasteiger partial charge in [-0.25, -0.2) is 0 Å². The molecular weight excluding hydrogens is 232 g/mol. The lowest BCUT2D eigenvalue weighted by molar-refractivity contribution is 0.551. The molecule has 1 aromatic heterocycles. The van der Waals surface area contributed by atoms with Crippen molar-refractivity contribution >= 4 is 10.9 Å². The van der Waals surface area contributed by atoms with E-state index in [9.17, 15) is 0 Å². The van der Waals surface area contributed by atoms with E-state index in [1.165, 1.54) is 27.6 Å². The van der Waals surface area contributed by atoms with Gasteiger partial charge in [0.05, 0.1) is 11.7 Å². The lowest BCUT2D eigenvalue weighted by atomic mass is 10.0. The first-order valence-electron chi connectivity index (χ1n) is 6.70. The van der Waals surface area contributed by atoms with E-state index in [1.807, 2.05) is 6.20 Å². The Bertz CT molecular complexity index is 706. The van der Waals surface area contributed by atoms with E-state index in [2.05, 4.69) is 73.0 Å². The molecule has 0 aliphatic heterocycles. The van der Waals surface area contributed by atoms with Crippen molar-refractivity contribution in [1.29, 1.82) is 0 Å². The Morgan fingerprint density at radius 3 is 2.42 bits per heavy atom. The first kappa shape index (κ1) is 12.0. The van der Waals surface area contributed by atoms with Crippen LogP contribution in [0.25, 0.3) is 22.0 Å². The number of benzene rings is 2. The Hall–Kier alpha value is -2.09. The van der Waals surface area contributed by atoms with Gasteiger partial charge in [-0.1, -0.05) is 42.0 Å². The third-order valence-corrected chi connectivity index (χ3v) is 3.49. The lowest BCUT2D eigenvalue weighted by Crippen LogP contribution is -2.01. The summed E-state index contributed by atoms with van der Waals surface area (Å²) in [5, 5.41) is 5.74. The van der Waals surface area contributed by atoms with E-state index in [-0.39, 0.29) is 0 Å². The molecule has 0 bridgehead atoms. The van der Waals surface area contributed by atoms with Crippen LogP contribution in [0.5, 0.6) is 0 Å². The minimum Gasteiger partial charge on any atom is -0.262 e. The number of nitrogens with zero attached hydrogens (tertiary/aromatic N) is 2. The molecule has 19 heavy (non-hydrogen) atoms. The minimum absolute atomic E-state index is 0.380. The highest BCUT2D eigenvalue weighted by Crippen LogP contribution is 2.29.